The molecule has 0 aliphatic heterocycles. The number of hydrogen-bond acceptors (Lipinski definition) is 5. The van der Waals surface area contributed by atoms with E-state index in [0.717, 1.165) is 12.1 Å². The summed E-state index contributed by atoms with van der Waals surface area (Å²) in [7, 11) is 0. The van der Waals surface area contributed by atoms with Crippen LogP contribution in [0.3, 0.4) is 0 Å². The molecule has 3 aromatic rings. The Kier molecular flexibility index (Phi) is 5.80. The van der Waals surface area contributed by atoms with Crippen molar-refractivity contribution in [2.75, 3.05) is 0 Å². The second-order valence-corrected chi connectivity index (χ2v) is 9.59. The summed E-state index contributed by atoms with van der Waals surface area (Å²) >= 11 is 0. The molecule has 4 rings (SSSR count). The molecular weight excluding hydrogens is 453 g/mol. The average molecular weight is 477 g/mol. The van der Waals surface area contributed by atoms with Crippen LogP contribution in [0, 0.1) is 23.1 Å². The zero-order valence-electron chi connectivity index (χ0n) is 19.4. The molecule has 1 heterocycles. The minimum Gasteiger partial charge on any atom is -0.465 e. The largest absolute Gasteiger partial charge is 0.465 e. The van der Waals surface area contributed by atoms with Gasteiger partial charge in [-0.2, -0.15) is 5.26 Å². The van der Waals surface area contributed by atoms with Crippen molar-refractivity contribution >= 4 is 22.9 Å². The van der Waals surface area contributed by atoms with Crippen LogP contribution < -0.4 is 11.3 Å². The zero-order chi connectivity index (χ0) is 25.7. The Bertz CT molecular complexity index is 1460. The molecule has 1 unspecified atom stereocenters. The Labute approximate surface area is 200 Å². The molecule has 1 aromatic heterocycles. The number of carboxylic acid groups (broad SMARTS) is 1. The summed E-state index contributed by atoms with van der Waals surface area (Å²) in [5.41, 5.74) is 4.10. The summed E-state index contributed by atoms with van der Waals surface area (Å²) < 4.78 is 15.5. The molecule has 2 amide bonds. The maximum Gasteiger partial charge on any atom is 0.408 e. The number of nitrogens with two attached hydrogens (primary N) is 1. The van der Waals surface area contributed by atoms with E-state index in [-0.39, 0.29) is 39.5 Å². The molecule has 10 heteroatoms. The summed E-state index contributed by atoms with van der Waals surface area (Å²) in [4.78, 5) is 44.0. The monoisotopic (exact) mass is 477 g/mol. The van der Waals surface area contributed by atoms with Gasteiger partial charge in [-0.15, -0.1) is 0 Å². The predicted octanol–water partition coefficient (Wildman–Crippen LogP) is 3.72. The van der Waals surface area contributed by atoms with Gasteiger partial charge in [0.1, 0.15) is 17.7 Å². The quantitative estimate of drug-likeness (QED) is 0.573. The minimum absolute atomic E-state index is 0.0129. The van der Waals surface area contributed by atoms with Crippen LogP contribution in [0.2, 0.25) is 0 Å². The normalized spacial score (nSPS) is 14.4. The number of nitriles is 1. The molecule has 1 atom stereocenters. The van der Waals surface area contributed by atoms with Gasteiger partial charge in [0, 0.05) is 11.1 Å². The predicted molar refractivity (Wildman–Crippen MR) is 126 cm³/mol. The number of rotatable bonds is 5. The first-order valence-corrected chi connectivity index (χ1v) is 11.0. The van der Waals surface area contributed by atoms with Crippen molar-refractivity contribution in [1.82, 2.24) is 14.5 Å². The van der Waals surface area contributed by atoms with E-state index in [1.54, 1.807) is 26.8 Å². The van der Waals surface area contributed by atoms with Crippen LogP contribution in [0.5, 0.6) is 0 Å². The van der Waals surface area contributed by atoms with Crippen LogP contribution in [-0.4, -0.2) is 37.1 Å². The van der Waals surface area contributed by atoms with Crippen molar-refractivity contribution in [1.29, 1.82) is 5.26 Å². The summed E-state index contributed by atoms with van der Waals surface area (Å²) in [6.07, 6.45) is 0.239. The summed E-state index contributed by atoms with van der Waals surface area (Å²) in [5, 5.41) is 19.6. The molecule has 0 saturated heterocycles. The van der Waals surface area contributed by atoms with E-state index in [2.05, 4.69) is 4.98 Å². The molecule has 3 N–H and O–H groups in total. The lowest BCUT2D eigenvalue weighted by molar-refractivity contribution is 0.0582. The van der Waals surface area contributed by atoms with Gasteiger partial charge in [0.05, 0.1) is 28.2 Å². The van der Waals surface area contributed by atoms with Crippen LogP contribution in [0.15, 0.2) is 41.2 Å². The number of benzene rings is 2. The first-order valence-electron chi connectivity index (χ1n) is 11.0. The Hall–Kier alpha value is -4.26. The molecule has 1 saturated carbocycles. The molecule has 1 aliphatic carbocycles. The van der Waals surface area contributed by atoms with Gasteiger partial charge in [0.2, 0.25) is 5.91 Å². The zero-order valence-corrected chi connectivity index (χ0v) is 19.4. The number of fused-ring (bicyclic) bond motifs is 1. The molecule has 180 valence electrons. The SMILES string of the molecule is CC(C)(C)N(C(=O)O)C(c1nc2c(C#N)cc(F)cc2c(=O)n1-c1cccc(C(N)=O)c1)C1CC1. The third kappa shape index (κ3) is 4.33. The molecule has 0 radical (unpaired) electrons. The first-order chi connectivity index (χ1) is 16.4. The van der Waals surface area contributed by atoms with Crippen molar-refractivity contribution in [2.24, 2.45) is 11.7 Å². The number of carbonyl (C=O) groups is 2. The molecule has 1 aliphatic rings. The summed E-state index contributed by atoms with van der Waals surface area (Å²) in [6.45, 7) is 5.22. The van der Waals surface area contributed by atoms with Gasteiger partial charge < -0.3 is 10.8 Å². The van der Waals surface area contributed by atoms with Gasteiger partial charge in [-0.1, -0.05) is 6.07 Å². The van der Waals surface area contributed by atoms with E-state index in [0.29, 0.717) is 12.8 Å². The Morgan fingerprint density at radius 1 is 1.29 bits per heavy atom. The van der Waals surface area contributed by atoms with Crippen molar-refractivity contribution < 1.29 is 19.1 Å². The number of carbonyl (C=O) groups excluding carboxylic acids is 1. The first kappa shape index (κ1) is 23.9. The highest BCUT2D eigenvalue weighted by Crippen LogP contribution is 2.46. The number of nitrogens with zero attached hydrogens (tertiary/aromatic N) is 4. The van der Waals surface area contributed by atoms with Gasteiger partial charge in [0.25, 0.3) is 5.56 Å². The van der Waals surface area contributed by atoms with E-state index < -0.39 is 35.0 Å². The summed E-state index contributed by atoms with van der Waals surface area (Å²) in [6, 6.07) is 8.99. The fourth-order valence-corrected chi connectivity index (χ4v) is 4.38. The maximum atomic E-state index is 14.3. The lowest BCUT2D eigenvalue weighted by atomic mass is 9.99. The number of halogens is 1. The van der Waals surface area contributed by atoms with Crippen LogP contribution in [-0.2, 0) is 0 Å². The number of aromatic nitrogens is 2. The Morgan fingerprint density at radius 2 is 1.97 bits per heavy atom. The smallest absolute Gasteiger partial charge is 0.408 e. The Morgan fingerprint density at radius 3 is 2.51 bits per heavy atom. The van der Waals surface area contributed by atoms with Gasteiger partial charge in [-0.3, -0.25) is 19.1 Å². The van der Waals surface area contributed by atoms with Gasteiger partial charge in [0.15, 0.2) is 0 Å². The lowest BCUT2D eigenvalue weighted by Crippen LogP contribution is -2.49. The van der Waals surface area contributed by atoms with E-state index >= 15 is 0 Å². The van der Waals surface area contributed by atoms with E-state index in [1.165, 1.54) is 27.7 Å². The van der Waals surface area contributed by atoms with Crippen LogP contribution in [0.4, 0.5) is 9.18 Å². The maximum absolute atomic E-state index is 14.3. The molecular formula is C25H24FN5O4. The molecule has 35 heavy (non-hydrogen) atoms. The molecule has 0 bridgehead atoms. The third-order valence-electron chi connectivity index (χ3n) is 6.01. The second kappa shape index (κ2) is 8.51. The highest BCUT2D eigenvalue weighted by Gasteiger charge is 2.45. The number of amides is 2. The fraction of sp³-hybridized carbons (Fsp3) is 0.320. The van der Waals surface area contributed by atoms with Crippen molar-refractivity contribution in [3.8, 4) is 11.8 Å². The van der Waals surface area contributed by atoms with Gasteiger partial charge >= 0.3 is 6.09 Å². The average Bonchev–Trinajstić information content (AvgIpc) is 3.61. The highest BCUT2D eigenvalue weighted by molar-refractivity contribution is 5.93. The third-order valence-corrected chi connectivity index (χ3v) is 6.01. The van der Waals surface area contributed by atoms with Crippen LogP contribution in [0.1, 0.15) is 61.4 Å². The standard InChI is InChI=1S/C25H24FN5O4/c1-25(2,3)31(24(34)35)20(13-7-8-13)22-29-19-15(12-27)9-16(26)11-18(19)23(33)30(22)17-6-4-5-14(10-17)21(28)32/h4-6,9-11,13,20H,7-8H2,1-3H3,(H2,28,32)(H,34,35). The molecule has 9 nitrogen and oxygen atoms in total. The molecule has 2 aromatic carbocycles. The second-order valence-electron chi connectivity index (χ2n) is 9.59. The topological polar surface area (TPSA) is 142 Å². The highest BCUT2D eigenvalue weighted by atomic mass is 19.1. The van der Waals surface area contributed by atoms with Crippen LogP contribution in [0.25, 0.3) is 16.6 Å². The fourth-order valence-electron chi connectivity index (χ4n) is 4.38. The number of hydrogen-bond donors (Lipinski definition) is 2. The van der Waals surface area contributed by atoms with Gasteiger partial charge in [-0.05, 0) is 69.9 Å². The van der Waals surface area contributed by atoms with E-state index in [4.69, 9.17) is 5.73 Å². The van der Waals surface area contributed by atoms with Gasteiger partial charge in [-0.25, -0.2) is 14.2 Å². The molecule has 0 spiro atoms. The number of primary amides is 1. The lowest BCUT2D eigenvalue weighted by Gasteiger charge is -2.40. The Balaban J connectivity index is 2.15. The van der Waals surface area contributed by atoms with Crippen molar-refractivity contribution in [3.63, 3.8) is 0 Å². The van der Waals surface area contributed by atoms with E-state index in [1.807, 2.05) is 6.07 Å². The molecule has 1 fully saturated rings. The van der Waals surface area contributed by atoms with E-state index in [9.17, 15) is 29.1 Å². The summed E-state index contributed by atoms with van der Waals surface area (Å²) in [5.74, 6) is -1.52. The van der Waals surface area contributed by atoms with Crippen LogP contribution >= 0.6 is 0 Å². The minimum atomic E-state index is -1.19. The van der Waals surface area contributed by atoms with Crippen molar-refractivity contribution in [3.05, 3.63) is 69.5 Å². The van der Waals surface area contributed by atoms with Crippen molar-refractivity contribution in [2.45, 2.75) is 45.2 Å².